The summed E-state index contributed by atoms with van der Waals surface area (Å²) >= 11 is 0. The Labute approximate surface area is 220 Å². The minimum absolute atomic E-state index is 0.0393. The molecule has 4 N–H and O–H groups in total. The van der Waals surface area contributed by atoms with Gasteiger partial charge >= 0.3 is 0 Å². The molecular formula is C29H30N8O. The molecule has 0 fully saturated rings. The zero-order valence-corrected chi connectivity index (χ0v) is 21.8. The first-order chi connectivity index (χ1) is 18.2. The van der Waals surface area contributed by atoms with Crippen LogP contribution in [0.3, 0.4) is 0 Å². The first kappa shape index (κ1) is 25.0. The van der Waals surface area contributed by atoms with Crippen molar-refractivity contribution >= 4 is 28.7 Å². The molecule has 9 nitrogen and oxygen atoms in total. The molecule has 4 aromatic heterocycles. The molecule has 1 unspecified atom stereocenters. The number of anilines is 1. The summed E-state index contributed by atoms with van der Waals surface area (Å²) < 4.78 is 0. The molecule has 1 aromatic carbocycles. The maximum absolute atomic E-state index is 12.4. The van der Waals surface area contributed by atoms with Gasteiger partial charge in [-0.1, -0.05) is 32.9 Å². The van der Waals surface area contributed by atoms with Crippen molar-refractivity contribution in [3.63, 3.8) is 0 Å². The van der Waals surface area contributed by atoms with E-state index in [4.69, 9.17) is 10.4 Å². The van der Waals surface area contributed by atoms with Gasteiger partial charge in [0.05, 0.1) is 29.0 Å². The summed E-state index contributed by atoms with van der Waals surface area (Å²) in [5, 5.41) is 19.5. The molecule has 0 spiro atoms. The van der Waals surface area contributed by atoms with Gasteiger partial charge in [-0.25, -0.2) is 4.98 Å². The normalized spacial score (nSPS) is 12.4. The quantitative estimate of drug-likeness (QED) is 0.205. The van der Waals surface area contributed by atoms with Crippen LogP contribution < -0.4 is 5.32 Å². The Bertz CT molecular complexity index is 1610. The lowest BCUT2D eigenvalue weighted by molar-refractivity contribution is -0.117. The van der Waals surface area contributed by atoms with E-state index in [9.17, 15) is 4.79 Å². The molecule has 0 radical (unpaired) electrons. The number of hydrogen-bond donors (Lipinski definition) is 4. The van der Waals surface area contributed by atoms with Crippen molar-refractivity contribution < 1.29 is 4.79 Å². The fourth-order valence-corrected chi connectivity index (χ4v) is 4.51. The molecule has 9 heteroatoms. The monoisotopic (exact) mass is 506 g/mol. The number of pyridine rings is 2. The first-order valence-electron chi connectivity index (χ1n) is 12.4. The molecule has 0 saturated heterocycles. The average Bonchev–Trinajstić information content (AvgIpc) is 3.47. The van der Waals surface area contributed by atoms with Crippen LogP contribution in [-0.4, -0.2) is 42.3 Å². The fourth-order valence-electron chi connectivity index (χ4n) is 4.51. The molecule has 4 heterocycles. The van der Waals surface area contributed by atoms with E-state index in [1.807, 2.05) is 64.1 Å². The highest BCUT2D eigenvalue weighted by Gasteiger charge is 2.21. The highest BCUT2D eigenvalue weighted by Crippen LogP contribution is 2.32. The van der Waals surface area contributed by atoms with Crippen molar-refractivity contribution in [2.45, 2.75) is 40.0 Å². The lowest BCUT2D eigenvalue weighted by atomic mass is 9.92. The zero-order valence-electron chi connectivity index (χ0n) is 21.8. The number of fused-ring (bicyclic) bond motifs is 1. The van der Waals surface area contributed by atoms with Crippen molar-refractivity contribution in [2.75, 3.05) is 5.32 Å². The van der Waals surface area contributed by atoms with E-state index >= 15 is 0 Å². The second kappa shape index (κ2) is 10.0. The Kier molecular flexibility index (Phi) is 6.59. The van der Waals surface area contributed by atoms with Gasteiger partial charge in [0.15, 0.2) is 5.82 Å². The molecule has 1 atom stereocenters. The molecule has 5 rings (SSSR count). The van der Waals surface area contributed by atoms with E-state index < -0.39 is 0 Å². The van der Waals surface area contributed by atoms with Gasteiger partial charge < -0.3 is 15.7 Å². The zero-order chi connectivity index (χ0) is 26.9. The highest BCUT2D eigenvalue weighted by atomic mass is 16.1. The van der Waals surface area contributed by atoms with E-state index in [-0.39, 0.29) is 17.2 Å². The summed E-state index contributed by atoms with van der Waals surface area (Å²) in [6, 6.07) is 11.7. The maximum atomic E-state index is 12.4. The van der Waals surface area contributed by atoms with E-state index in [2.05, 4.69) is 30.5 Å². The van der Waals surface area contributed by atoms with Crippen molar-refractivity contribution in [1.82, 2.24) is 30.1 Å². The van der Waals surface area contributed by atoms with Crippen LogP contribution in [0.5, 0.6) is 0 Å². The Morgan fingerprint density at radius 2 is 1.95 bits per heavy atom. The molecule has 0 aliphatic heterocycles. The number of aryl methyl sites for hydroxylation is 1. The van der Waals surface area contributed by atoms with Crippen LogP contribution in [0.4, 0.5) is 5.69 Å². The van der Waals surface area contributed by atoms with Gasteiger partial charge in [0.1, 0.15) is 5.69 Å². The highest BCUT2D eigenvalue weighted by molar-refractivity contribution is 5.95. The minimum atomic E-state index is -0.309. The third kappa shape index (κ3) is 5.22. The van der Waals surface area contributed by atoms with Crippen LogP contribution in [-0.2, 0) is 4.79 Å². The Hall–Kier alpha value is -4.66. The third-order valence-electron chi connectivity index (χ3n) is 6.26. The van der Waals surface area contributed by atoms with Gasteiger partial charge in [-0.15, -0.1) is 0 Å². The number of carbonyl (C=O) groups excluding carboxylic acids is 1. The summed E-state index contributed by atoms with van der Waals surface area (Å²) in [5.74, 6) is 0.275. The summed E-state index contributed by atoms with van der Waals surface area (Å²) in [7, 11) is 0. The number of carbonyl (C=O) groups is 1. The number of rotatable bonds is 7. The molecule has 192 valence electrons. The molecule has 0 saturated carbocycles. The number of imidazole rings is 1. The molecule has 38 heavy (non-hydrogen) atoms. The number of nitrogens with zero attached hydrogens (tertiary/aromatic N) is 4. The molecule has 0 aliphatic rings. The van der Waals surface area contributed by atoms with Gasteiger partial charge in [0, 0.05) is 47.9 Å². The molecule has 5 aromatic rings. The van der Waals surface area contributed by atoms with Gasteiger partial charge in [0.25, 0.3) is 0 Å². The first-order valence-corrected chi connectivity index (χ1v) is 12.4. The lowest BCUT2D eigenvalue weighted by Gasteiger charge is -2.17. The van der Waals surface area contributed by atoms with Crippen LogP contribution in [0.15, 0.2) is 61.2 Å². The number of benzene rings is 1. The van der Waals surface area contributed by atoms with Crippen LogP contribution in [0, 0.1) is 17.7 Å². The summed E-state index contributed by atoms with van der Waals surface area (Å²) in [4.78, 5) is 29.2. The molecule has 0 bridgehead atoms. The summed E-state index contributed by atoms with van der Waals surface area (Å²) in [6.07, 6.45) is 8.70. The Morgan fingerprint density at radius 3 is 2.68 bits per heavy atom. The number of hydrogen-bond acceptors (Lipinski definition) is 6. The van der Waals surface area contributed by atoms with Gasteiger partial charge in [-0.3, -0.25) is 19.9 Å². The third-order valence-corrected chi connectivity index (χ3v) is 6.26. The smallest absolute Gasteiger partial charge is 0.224 e. The fraction of sp³-hybridized carbons (Fsp3) is 0.241. The topological polar surface area (TPSA) is 136 Å². The van der Waals surface area contributed by atoms with E-state index in [0.717, 1.165) is 39.0 Å². The number of amides is 1. The van der Waals surface area contributed by atoms with E-state index in [0.29, 0.717) is 23.6 Å². The predicted molar refractivity (Wildman–Crippen MR) is 149 cm³/mol. The SMILES string of the molecule is Cc1[nH]c(-c2n[nH]c3ccc(-c4cncc(NC(=O)CC(C)(C)C)c4)cc23)nc1C(C=N)c1cccnc1. The predicted octanol–water partition coefficient (Wildman–Crippen LogP) is 5.87. The number of nitrogens with one attached hydrogen (secondary N) is 4. The lowest BCUT2D eigenvalue weighted by Crippen LogP contribution is -2.19. The van der Waals surface area contributed by atoms with Gasteiger partial charge in [-0.05, 0) is 47.7 Å². The largest absolute Gasteiger partial charge is 0.340 e. The van der Waals surface area contributed by atoms with E-state index in [1.165, 1.54) is 6.21 Å². The summed E-state index contributed by atoms with van der Waals surface area (Å²) in [6.45, 7) is 8.05. The van der Waals surface area contributed by atoms with Gasteiger partial charge in [-0.2, -0.15) is 5.10 Å². The number of aromatic nitrogens is 6. The van der Waals surface area contributed by atoms with Crippen LogP contribution in [0.1, 0.15) is 50.1 Å². The number of aromatic amines is 2. The van der Waals surface area contributed by atoms with Crippen molar-refractivity contribution in [3.05, 3.63) is 78.1 Å². The van der Waals surface area contributed by atoms with Crippen LogP contribution in [0.2, 0.25) is 0 Å². The minimum Gasteiger partial charge on any atom is -0.340 e. The number of H-pyrrole nitrogens is 2. The molecular weight excluding hydrogens is 476 g/mol. The standard InChI is InChI=1S/C29H30N8O/c1-17-26(23(13-30)19-6-5-9-31-14-19)35-28(33-17)27-22-11-18(7-8-24(22)36-37-27)20-10-21(16-32-15-20)34-25(38)12-29(2,3)4/h5-11,13-16,23,30H,12H2,1-4H3,(H,33,35)(H,34,38)(H,36,37). The summed E-state index contributed by atoms with van der Waals surface area (Å²) in [5.41, 5.74) is 6.47. The van der Waals surface area contributed by atoms with Crippen molar-refractivity contribution in [3.8, 4) is 22.6 Å². The average molecular weight is 507 g/mol. The molecule has 1 amide bonds. The maximum Gasteiger partial charge on any atom is 0.224 e. The van der Waals surface area contributed by atoms with Crippen LogP contribution >= 0.6 is 0 Å². The van der Waals surface area contributed by atoms with Gasteiger partial charge in [0.2, 0.25) is 5.91 Å². The Morgan fingerprint density at radius 1 is 1.11 bits per heavy atom. The second-order valence-corrected chi connectivity index (χ2v) is 10.6. The second-order valence-electron chi connectivity index (χ2n) is 10.6. The molecule has 0 aliphatic carbocycles. The van der Waals surface area contributed by atoms with Crippen molar-refractivity contribution in [2.24, 2.45) is 5.41 Å². The van der Waals surface area contributed by atoms with Crippen LogP contribution in [0.25, 0.3) is 33.5 Å². The van der Waals surface area contributed by atoms with Crippen molar-refractivity contribution in [1.29, 1.82) is 5.41 Å². The Balaban J connectivity index is 1.47. The van der Waals surface area contributed by atoms with E-state index in [1.54, 1.807) is 24.8 Å².